The average molecular weight is 785 g/mol. The van der Waals surface area contributed by atoms with Crippen molar-refractivity contribution >= 4 is 47.4 Å². The number of carboxylic acids is 2. The van der Waals surface area contributed by atoms with Crippen LogP contribution in [0, 0.1) is 11.8 Å². The van der Waals surface area contributed by atoms with Gasteiger partial charge in [-0.05, 0) is 44.6 Å². The van der Waals surface area contributed by atoms with E-state index >= 15 is 0 Å². The number of nitrogens with two attached hydrogens (primary N) is 2. The number of aliphatic hydroxyl groups is 2. The van der Waals surface area contributed by atoms with Crippen LogP contribution >= 0.6 is 0 Å². The number of carbonyl (C=O) groups is 8. The quantitative estimate of drug-likeness (QED) is 0.0416. The summed E-state index contributed by atoms with van der Waals surface area (Å²) >= 11 is 0. The molecule has 22 nitrogen and oxygen atoms in total. The van der Waals surface area contributed by atoms with Gasteiger partial charge in [-0.1, -0.05) is 27.7 Å². The van der Waals surface area contributed by atoms with Gasteiger partial charge in [-0.15, -0.1) is 0 Å². The van der Waals surface area contributed by atoms with Crippen molar-refractivity contribution in [1.82, 2.24) is 41.9 Å². The third-order valence-electron chi connectivity index (χ3n) is 8.28. The van der Waals surface area contributed by atoms with Gasteiger partial charge in [0, 0.05) is 18.3 Å². The second kappa shape index (κ2) is 23.6. The molecule has 310 valence electrons. The molecule has 0 aromatic carbocycles. The SMILES string of the molecule is CC(C)[C@H](NC(=O)[C@@H](NC(=O)[C@H](CO)NC(=O)[C@@H](NC(=O)[C@H](CCCCN)NC(=O)[C@H](Cc1cnc[nH]1)NC(=O)[C@@H](N)CC(=O)O)C(C)C)[C@@H](C)O)C(=O)O. The largest absolute Gasteiger partial charge is 0.481 e. The van der Waals surface area contributed by atoms with E-state index in [2.05, 4.69) is 41.9 Å². The van der Waals surface area contributed by atoms with Gasteiger partial charge in [0.1, 0.15) is 36.3 Å². The van der Waals surface area contributed by atoms with Gasteiger partial charge in [-0.3, -0.25) is 33.6 Å². The van der Waals surface area contributed by atoms with Crippen LogP contribution in [0.5, 0.6) is 0 Å². The third kappa shape index (κ3) is 16.4. The number of H-pyrrole nitrogens is 1. The molecule has 0 aliphatic heterocycles. The Morgan fingerprint density at radius 3 is 1.71 bits per heavy atom. The van der Waals surface area contributed by atoms with Crippen molar-refractivity contribution in [1.29, 1.82) is 0 Å². The van der Waals surface area contributed by atoms with Crippen LogP contribution < -0.4 is 43.4 Å². The Kier molecular flexibility index (Phi) is 20.5. The zero-order valence-electron chi connectivity index (χ0n) is 31.5. The van der Waals surface area contributed by atoms with Crippen LogP contribution in [-0.2, 0) is 44.8 Å². The summed E-state index contributed by atoms with van der Waals surface area (Å²) in [7, 11) is 0. The number of carbonyl (C=O) groups excluding carboxylic acids is 6. The van der Waals surface area contributed by atoms with Crippen molar-refractivity contribution in [3.8, 4) is 0 Å². The highest BCUT2D eigenvalue weighted by Crippen LogP contribution is 2.09. The van der Waals surface area contributed by atoms with Crippen molar-refractivity contribution in [2.45, 2.75) is 115 Å². The number of unbranched alkanes of at least 4 members (excludes halogenated alkanes) is 1. The van der Waals surface area contributed by atoms with Crippen molar-refractivity contribution < 1.29 is 58.8 Å². The number of hydrogen-bond donors (Lipinski definition) is 13. The number of amides is 6. The monoisotopic (exact) mass is 784 g/mol. The Balaban J connectivity index is 3.21. The molecule has 0 bridgehead atoms. The Hall–Kier alpha value is -5.19. The minimum atomic E-state index is -1.69. The summed E-state index contributed by atoms with van der Waals surface area (Å²) in [5.41, 5.74) is 11.7. The number of aromatic amines is 1. The standard InChI is InChI=1S/C33H56N10O12/c1-15(2)24(31(52)40-22(13-44)30(51)43-26(17(5)45)32(53)42-25(16(3)4)33(54)55)41-28(49)20(8-6-7-9-34)38-29(50)21(10-18-12-36-14-37-18)39-27(48)19(35)11-23(46)47/h12,14-17,19-22,24-26,44-45H,6-11,13,34-35H2,1-5H3,(H,36,37)(H,38,50)(H,39,48)(H,40,52)(H,41,49)(H,42,53)(H,43,51)(H,46,47)(H,54,55)/t17-,19+,20+,21+,22+,24+,25+,26+/m1/s1. The molecule has 22 heteroatoms. The van der Waals surface area contributed by atoms with Crippen molar-refractivity contribution in [2.24, 2.45) is 23.3 Å². The van der Waals surface area contributed by atoms with E-state index in [0.29, 0.717) is 18.5 Å². The molecule has 1 aromatic rings. The number of rotatable bonds is 25. The molecular formula is C33H56N10O12. The molecule has 6 amide bonds. The average Bonchev–Trinajstić information content (AvgIpc) is 3.61. The molecule has 0 unspecified atom stereocenters. The van der Waals surface area contributed by atoms with E-state index in [-0.39, 0.29) is 19.4 Å². The lowest BCUT2D eigenvalue weighted by Crippen LogP contribution is -2.62. The van der Waals surface area contributed by atoms with Crippen LogP contribution in [-0.4, -0.2) is 139 Å². The van der Waals surface area contributed by atoms with E-state index in [9.17, 15) is 53.7 Å². The zero-order chi connectivity index (χ0) is 42.0. The molecule has 0 saturated carbocycles. The van der Waals surface area contributed by atoms with Gasteiger partial charge >= 0.3 is 11.9 Å². The Morgan fingerprint density at radius 1 is 0.709 bits per heavy atom. The maximum Gasteiger partial charge on any atom is 0.326 e. The highest BCUT2D eigenvalue weighted by atomic mass is 16.4. The highest BCUT2D eigenvalue weighted by Gasteiger charge is 2.36. The van der Waals surface area contributed by atoms with E-state index < -0.39 is 121 Å². The second-order valence-electron chi connectivity index (χ2n) is 13.7. The lowest BCUT2D eigenvalue weighted by molar-refractivity contribution is -0.144. The summed E-state index contributed by atoms with van der Waals surface area (Å²) in [6.07, 6.45) is 1.18. The number of aliphatic carboxylic acids is 2. The minimum Gasteiger partial charge on any atom is -0.481 e. The maximum atomic E-state index is 13.7. The van der Waals surface area contributed by atoms with Crippen molar-refractivity contribution in [2.75, 3.05) is 13.2 Å². The van der Waals surface area contributed by atoms with Crippen LogP contribution in [0.3, 0.4) is 0 Å². The lowest BCUT2D eigenvalue weighted by Gasteiger charge is -2.29. The van der Waals surface area contributed by atoms with E-state index in [1.165, 1.54) is 26.4 Å². The number of carboxylic acid groups (broad SMARTS) is 2. The summed E-state index contributed by atoms with van der Waals surface area (Å²) in [6.45, 7) is 6.66. The van der Waals surface area contributed by atoms with Gasteiger partial charge in [0.05, 0.1) is 31.5 Å². The third-order valence-corrected chi connectivity index (χ3v) is 8.28. The van der Waals surface area contributed by atoms with E-state index in [1.807, 2.05) is 0 Å². The molecular weight excluding hydrogens is 728 g/mol. The zero-order valence-corrected chi connectivity index (χ0v) is 31.5. The van der Waals surface area contributed by atoms with Crippen molar-refractivity contribution in [3.05, 3.63) is 18.2 Å². The predicted octanol–water partition coefficient (Wildman–Crippen LogP) is -4.44. The number of aromatic nitrogens is 2. The van der Waals surface area contributed by atoms with Crippen LogP contribution in [0.1, 0.15) is 66.0 Å². The lowest BCUT2D eigenvalue weighted by atomic mass is 10.0. The number of hydrogen-bond acceptors (Lipinski definition) is 13. The molecule has 0 fully saturated rings. The van der Waals surface area contributed by atoms with Gasteiger partial charge in [0.15, 0.2) is 0 Å². The highest BCUT2D eigenvalue weighted by molar-refractivity contribution is 5.97. The van der Waals surface area contributed by atoms with Crippen LogP contribution in [0.15, 0.2) is 12.5 Å². The predicted molar refractivity (Wildman–Crippen MR) is 193 cm³/mol. The fourth-order valence-electron chi connectivity index (χ4n) is 5.08. The summed E-state index contributed by atoms with van der Waals surface area (Å²) in [4.78, 5) is 109. The summed E-state index contributed by atoms with van der Waals surface area (Å²) in [5, 5.41) is 52.9. The topological polar surface area (TPSA) is 370 Å². The molecule has 8 atom stereocenters. The molecule has 1 rings (SSSR count). The van der Waals surface area contributed by atoms with Gasteiger partial charge in [-0.2, -0.15) is 0 Å². The smallest absolute Gasteiger partial charge is 0.326 e. The number of nitrogens with one attached hydrogen (secondary N) is 7. The molecule has 0 aliphatic carbocycles. The first kappa shape index (κ1) is 47.8. The van der Waals surface area contributed by atoms with Gasteiger partial charge < -0.3 is 68.8 Å². The van der Waals surface area contributed by atoms with Crippen LogP contribution in [0.25, 0.3) is 0 Å². The maximum absolute atomic E-state index is 13.7. The molecule has 0 saturated heterocycles. The Bertz CT molecular complexity index is 1460. The fourth-order valence-corrected chi connectivity index (χ4v) is 5.08. The minimum absolute atomic E-state index is 0.0362. The summed E-state index contributed by atoms with van der Waals surface area (Å²) in [6, 6.07) is -10.2. The molecule has 0 radical (unpaired) electrons. The summed E-state index contributed by atoms with van der Waals surface area (Å²) in [5.74, 6) is -9.56. The molecule has 0 spiro atoms. The molecule has 1 aromatic heterocycles. The molecule has 55 heavy (non-hydrogen) atoms. The second-order valence-corrected chi connectivity index (χ2v) is 13.7. The Labute approximate surface area is 317 Å². The van der Waals surface area contributed by atoms with Gasteiger partial charge in [0.2, 0.25) is 35.4 Å². The van der Waals surface area contributed by atoms with Crippen molar-refractivity contribution in [3.63, 3.8) is 0 Å². The van der Waals surface area contributed by atoms with Gasteiger partial charge in [0.25, 0.3) is 0 Å². The number of nitrogens with zero attached hydrogens (tertiary/aromatic N) is 1. The Morgan fingerprint density at radius 2 is 1.22 bits per heavy atom. The molecule has 15 N–H and O–H groups in total. The van der Waals surface area contributed by atoms with Gasteiger partial charge in [-0.25, -0.2) is 9.78 Å². The van der Waals surface area contributed by atoms with Crippen LogP contribution in [0.4, 0.5) is 0 Å². The number of aliphatic hydroxyl groups excluding tert-OH is 2. The van der Waals surface area contributed by atoms with E-state index in [0.717, 1.165) is 6.92 Å². The van der Waals surface area contributed by atoms with E-state index in [4.69, 9.17) is 16.6 Å². The van der Waals surface area contributed by atoms with Crippen LogP contribution in [0.2, 0.25) is 0 Å². The van der Waals surface area contributed by atoms with E-state index in [1.54, 1.807) is 13.8 Å². The first-order valence-electron chi connectivity index (χ1n) is 17.7. The first-order chi connectivity index (χ1) is 25.7. The molecule has 1 heterocycles. The molecule has 0 aliphatic rings. The fraction of sp³-hybridized carbons (Fsp3) is 0.667. The first-order valence-corrected chi connectivity index (χ1v) is 17.7. The number of imidazole rings is 1. The normalized spacial score (nSPS) is 15.6. The summed E-state index contributed by atoms with van der Waals surface area (Å²) < 4.78 is 0.